The lowest BCUT2D eigenvalue weighted by atomic mass is 10.2. The van der Waals surface area contributed by atoms with Gasteiger partial charge < -0.3 is 10.2 Å². The molecule has 4 heteroatoms. The molecule has 0 bridgehead atoms. The highest BCUT2D eigenvalue weighted by Gasteiger charge is 2.19. The summed E-state index contributed by atoms with van der Waals surface area (Å²) in [6, 6.07) is 5.31. The first-order valence-electron chi connectivity index (χ1n) is 6.85. The molecule has 1 aliphatic rings. The molecule has 1 aliphatic carbocycles. The van der Waals surface area contributed by atoms with Gasteiger partial charge >= 0.3 is 0 Å². The topological polar surface area (TPSA) is 15.3 Å². The number of hydrogen-bond donors (Lipinski definition) is 1. The number of likely N-dealkylation sites (N-methyl/N-ethyl adjacent to an activating group) is 1. The Balaban J connectivity index is 1.68. The van der Waals surface area contributed by atoms with Gasteiger partial charge in [-0.25, -0.2) is 0 Å². The van der Waals surface area contributed by atoms with Crippen LogP contribution in [0.5, 0.6) is 0 Å². The van der Waals surface area contributed by atoms with E-state index in [0.717, 1.165) is 23.5 Å². The third-order valence-electron chi connectivity index (χ3n) is 3.88. The van der Waals surface area contributed by atoms with Crippen molar-refractivity contribution >= 4 is 22.9 Å². The van der Waals surface area contributed by atoms with E-state index in [1.54, 1.807) is 11.3 Å². The lowest BCUT2D eigenvalue weighted by Gasteiger charge is -2.24. The van der Waals surface area contributed by atoms with Crippen molar-refractivity contribution in [2.45, 2.75) is 44.7 Å². The minimum atomic E-state index is 0.402. The lowest BCUT2D eigenvalue weighted by molar-refractivity contribution is 0.243. The van der Waals surface area contributed by atoms with E-state index in [1.807, 2.05) is 6.07 Å². The highest BCUT2D eigenvalue weighted by molar-refractivity contribution is 7.16. The quantitative estimate of drug-likeness (QED) is 0.852. The molecule has 102 valence electrons. The molecule has 1 N–H and O–H groups in total. The van der Waals surface area contributed by atoms with Gasteiger partial charge in [0.2, 0.25) is 0 Å². The van der Waals surface area contributed by atoms with Crippen molar-refractivity contribution in [3.8, 4) is 0 Å². The van der Waals surface area contributed by atoms with Gasteiger partial charge in [0.15, 0.2) is 0 Å². The Morgan fingerprint density at radius 1 is 1.44 bits per heavy atom. The van der Waals surface area contributed by atoms with Crippen LogP contribution in [-0.2, 0) is 0 Å². The minimum absolute atomic E-state index is 0.402. The second-order valence-electron chi connectivity index (χ2n) is 5.24. The summed E-state index contributed by atoms with van der Waals surface area (Å²) in [6.45, 7) is 4.38. The van der Waals surface area contributed by atoms with Gasteiger partial charge in [0.1, 0.15) is 0 Å². The van der Waals surface area contributed by atoms with Crippen LogP contribution < -0.4 is 5.32 Å². The molecule has 18 heavy (non-hydrogen) atoms. The molecule has 1 aromatic heterocycles. The van der Waals surface area contributed by atoms with Gasteiger partial charge in [-0.3, -0.25) is 0 Å². The summed E-state index contributed by atoms with van der Waals surface area (Å²) in [5.74, 6) is 0. The molecule has 0 radical (unpaired) electrons. The fourth-order valence-electron chi connectivity index (χ4n) is 2.65. The van der Waals surface area contributed by atoms with Gasteiger partial charge in [0.25, 0.3) is 0 Å². The monoisotopic (exact) mass is 286 g/mol. The molecule has 1 unspecified atom stereocenters. The SMILES string of the molecule is CC(NCCN(C)C1CCCC1)c1ccc(Cl)s1. The normalized spacial score (nSPS) is 18.7. The summed E-state index contributed by atoms with van der Waals surface area (Å²) in [5, 5.41) is 3.58. The van der Waals surface area contributed by atoms with E-state index in [1.165, 1.54) is 30.6 Å². The largest absolute Gasteiger partial charge is 0.308 e. The molecule has 0 aliphatic heterocycles. The molecule has 0 spiro atoms. The van der Waals surface area contributed by atoms with E-state index in [0.29, 0.717) is 6.04 Å². The number of nitrogens with one attached hydrogen (secondary N) is 1. The fourth-order valence-corrected chi connectivity index (χ4v) is 3.73. The molecule has 1 saturated carbocycles. The highest BCUT2D eigenvalue weighted by Crippen LogP contribution is 2.26. The van der Waals surface area contributed by atoms with Crippen LogP contribution in [0.2, 0.25) is 4.34 Å². The Hall–Kier alpha value is -0.0900. The predicted octanol–water partition coefficient (Wildman–Crippen LogP) is 3.93. The van der Waals surface area contributed by atoms with Crippen LogP contribution in [-0.4, -0.2) is 31.1 Å². The summed E-state index contributed by atoms with van der Waals surface area (Å²) in [6.07, 6.45) is 5.58. The third-order valence-corrected chi connectivity index (χ3v) is 5.30. The van der Waals surface area contributed by atoms with Crippen molar-refractivity contribution in [2.24, 2.45) is 0 Å². The molecular weight excluding hydrogens is 264 g/mol. The molecule has 2 nitrogen and oxygen atoms in total. The van der Waals surface area contributed by atoms with E-state index in [4.69, 9.17) is 11.6 Å². The maximum Gasteiger partial charge on any atom is 0.0931 e. The standard InChI is InChI=1S/C14H23ClN2S/c1-11(13-7-8-14(15)18-13)16-9-10-17(2)12-5-3-4-6-12/h7-8,11-12,16H,3-6,9-10H2,1-2H3. The molecule has 2 rings (SSSR count). The van der Waals surface area contributed by atoms with Crippen molar-refractivity contribution < 1.29 is 0 Å². The average molecular weight is 287 g/mol. The first kappa shape index (κ1) is 14.3. The van der Waals surface area contributed by atoms with E-state index < -0.39 is 0 Å². The van der Waals surface area contributed by atoms with Crippen molar-refractivity contribution in [1.82, 2.24) is 10.2 Å². The van der Waals surface area contributed by atoms with Crippen molar-refractivity contribution in [2.75, 3.05) is 20.1 Å². The molecular formula is C14H23ClN2S. The molecule has 0 aromatic carbocycles. The summed E-state index contributed by atoms with van der Waals surface area (Å²) in [7, 11) is 2.25. The summed E-state index contributed by atoms with van der Waals surface area (Å²) >= 11 is 7.63. The predicted molar refractivity (Wildman–Crippen MR) is 80.6 cm³/mol. The lowest BCUT2D eigenvalue weighted by Crippen LogP contribution is -2.36. The van der Waals surface area contributed by atoms with Crippen LogP contribution in [0.4, 0.5) is 0 Å². The van der Waals surface area contributed by atoms with Crippen LogP contribution in [0.25, 0.3) is 0 Å². The summed E-state index contributed by atoms with van der Waals surface area (Å²) in [5.41, 5.74) is 0. The Morgan fingerprint density at radius 2 is 2.17 bits per heavy atom. The van der Waals surface area contributed by atoms with E-state index in [2.05, 4.69) is 30.3 Å². The van der Waals surface area contributed by atoms with Crippen LogP contribution in [0.15, 0.2) is 12.1 Å². The number of nitrogens with zero attached hydrogens (tertiary/aromatic N) is 1. The Labute approximate surface area is 119 Å². The number of hydrogen-bond acceptors (Lipinski definition) is 3. The van der Waals surface area contributed by atoms with Crippen molar-refractivity contribution in [1.29, 1.82) is 0 Å². The minimum Gasteiger partial charge on any atom is -0.308 e. The first-order chi connectivity index (χ1) is 8.66. The molecule has 0 saturated heterocycles. The first-order valence-corrected chi connectivity index (χ1v) is 8.05. The summed E-state index contributed by atoms with van der Waals surface area (Å²) in [4.78, 5) is 3.83. The zero-order chi connectivity index (χ0) is 13.0. The number of rotatable bonds is 6. The second-order valence-corrected chi connectivity index (χ2v) is 6.98. The highest BCUT2D eigenvalue weighted by atomic mass is 35.5. The van der Waals surface area contributed by atoms with Crippen LogP contribution in [0.3, 0.4) is 0 Å². The molecule has 1 atom stereocenters. The number of thiophene rings is 1. The smallest absolute Gasteiger partial charge is 0.0931 e. The van der Waals surface area contributed by atoms with E-state index >= 15 is 0 Å². The van der Waals surface area contributed by atoms with Crippen LogP contribution >= 0.6 is 22.9 Å². The van der Waals surface area contributed by atoms with E-state index in [9.17, 15) is 0 Å². The van der Waals surface area contributed by atoms with Gasteiger partial charge in [-0.2, -0.15) is 0 Å². The Morgan fingerprint density at radius 3 is 2.78 bits per heavy atom. The third kappa shape index (κ3) is 3.95. The Kier molecular flexibility index (Phi) is 5.49. The Bertz CT molecular complexity index is 360. The zero-order valence-electron chi connectivity index (χ0n) is 11.3. The maximum atomic E-state index is 5.96. The van der Waals surface area contributed by atoms with Crippen LogP contribution in [0, 0.1) is 0 Å². The van der Waals surface area contributed by atoms with Gasteiger partial charge in [-0.05, 0) is 38.9 Å². The molecule has 1 heterocycles. The van der Waals surface area contributed by atoms with E-state index in [-0.39, 0.29) is 0 Å². The van der Waals surface area contributed by atoms with Gasteiger partial charge in [0.05, 0.1) is 4.34 Å². The second kappa shape index (κ2) is 6.90. The molecule has 0 amide bonds. The van der Waals surface area contributed by atoms with Gasteiger partial charge in [-0.15, -0.1) is 11.3 Å². The average Bonchev–Trinajstić information content (AvgIpc) is 2.99. The number of halogens is 1. The molecule has 1 aromatic rings. The molecule has 1 fully saturated rings. The fraction of sp³-hybridized carbons (Fsp3) is 0.714. The summed E-state index contributed by atoms with van der Waals surface area (Å²) < 4.78 is 0.877. The van der Waals surface area contributed by atoms with Crippen molar-refractivity contribution in [3.05, 3.63) is 21.3 Å². The zero-order valence-corrected chi connectivity index (χ0v) is 12.9. The van der Waals surface area contributed by atoms with Gasteiger partial charge in [-0.1, -0.05) is 24.4 Å². The van der Waals surface area contributed by atoms with Gasteiger partial charge in [0, 0.05) is 30.1 Å². The van der Waals surface area contributed by atoms with Crippen molar-refractivity contribution in [3.63, 3.8) is 0 Å². The van der Waals surface area contributed by atoms with Crippen LogP contribution in [0.1, 0.15) is 43.5 Å². The maximum absolute atomic E-state index is 5.96.